The SMILES string of the molecule is Cc1c([N+](=O)[O-])cnc(N2CCOC(CN)C2)c1Br. The molecule has 0 aliphatic carbocycles. The van der Waals surface area contributed by atoms with E-state index in [2.05, 4.69) is 20.9 Å². The summed E-state index contributed by atoms with van der Waals surface area (Å²) in [5.74, 6) is 0.699. The quantitative estimate of drug-likeness (QED) is 0.661. The van der Waals surface area contributed by atoms with Gasteiger partial charge in [-0.3, -0.25) is 10.1 Å². The molecule has 0 radical (unpaired) electrons. The summed E-state index contributed by atoms with van der Waals surface area (Å²) in [7, 11) is 0. The minimum atomic E-state index is -0.432. The first kappa shape index (κ1) is 14.2. The fourth-order valence-corrected chi connectivity index (χ4v) is 2.57. The van der Waals surface area contributed by atoms with E-state index in [1.807, 2.05) is 4.90 Å². The lowest BCUT2D eigenvalue weighted by molar-refractivity contribution is -0.385. The summed E-state index contributed by atoms with van der Waals surface area (Å²) >= 11 is 3.40. The normalized spacial score (nSPS) is 19.5. The van der Waals surface area contributed by atoms with Crippen LogP contribution in [0.2, 0.25) is 0 Å². The van der Waals surface area contributed by atoms with Gasteiger partial charge >= 0.3 is 0 Å². The van der Waals surface area contributed by atoms with Crippen molar-refractivity contribution in [1.29, 1.82) is 0 Å². The first-order chi connectivity index (χ1) is 9.04. The minimum Gasteiger partial charge on any atom is -0.373 e. The highest BCUT2D eigenvalue weighted by Gasteiger charge is 2.25. The number of nitro groups is 1. The molecule has 19 heavy (non-hydrogen) atoms. The van der Waals surface area contributed by atoms with Gasteiger partial charge < -0.3 is 15.4 Å². The summed E-state index contributed by atoms with van der Waals surface area (Å²) in [6, 6.07) is 0. The highest BCUT2D eigenvalue weighted by atomic mass is 79.9. The Hall–Kier alpha value is -1.25. The fraction of sp³-hybridized carbons (Fsp3) is 0.545. The Balaban J connectivity index is 2.30. The van der Waals surface area contributed by atoms with E-state index in [0.29, 0.717) is 42.1 Å². The van der Waals surface area contributed by atoms with Gasteiger partial charge in [0.2, 0.25) is 0 Å². The van der Waals surface area contributed by atoms with Crippen LogP contribution in [0.1, 0.15) is 5.56 Å². The lowest BCUT2D eigenvalue weighted by Crippen LogP contribution is -2.46. The molecule has 1 atom stereocenters. The molecule has 1 aliphatic heterocycles. The Morgan fingerprint density at radius 2 is 2.47 bits per heavy atom. The van der Waals surface area contributed by atoms with Crippen LogP contribution < -0.4 is 10.6 Å². The van der Waals surface area contributed by atoms with Gasteiger partial charge in [-0.1, -0.05) is 0 Å². The van der Waals surface area contributed by atoms with Gasteiger partial charge in [0.1, 0.15) is 12.0 Å². The second kappa shape index (κ2) is 5.81. The van der Waals surface area contributed by atoms with Gasteiger partial charge in [0, 0.05) is 25.2 Å². The molecule has 104 valence electrons. The first-order valence-electron chi connectivity index (χ1n) is 5.90. The van der Waals surface area contributed by atoms with Crippen LogP contribution in [0.25, 0.3) is 0 Å². The van der Waals surface area contributed by atoms with E-state index >= 15 is 0 Å². The average molecular weight is 331 g/mol. The van der Waals surface area contributed by atoms with Gasteiger partial charge in [0.05, 0.1) is 22.1 Å². The topological polar surface area (TPSA) is 94.5 Å². The third kappa shape index (κ3) is 2.85. The van der Waals surface area contributed by atoms with Crippen LogP contribution in [0.3, 0.4) is 0 Å². The second-order valence-electron chi connectivity index (χ2n) is 4.34. The molecule has 0 amide bonds. The number of ether oxygens (including phenoxy) is 1. The van der Waals surface area contributed by atoms with E-state index in [-0.39, 0.29) is 11.8 Å². The highest BCUT2D eigenvalue weighted by Crippen LogP contribution is 2.33. The summed E-state index contributed by atoms with van der Waals surface area (Å²) < 4.78 is 6.15. The minimum absolute atomic E-state index is 0.0132. The van der Waals surface area contributed by atoms with Crippen molar-refractivity contribution in [3.05, 3.63) is 26.3 Å². The lowest BCUT2D eigenvalue weighted by atomic mass is 10.2. The molecule has 1 aromatic heterocycles. The number of anilines is 1. The molecule has 1 fully saturated rings. The van der Waals surface area contributed by atoms with Crippen LogP contribution in [-0.2, 0) is 4.74 Å². The molecule has 0 saturated carbocycles. The van der Waals surface area contributed by atoms with E-state index in [0.717, 1.165) is 0 Å². The van der Waals surface area contributed by atoms with Crippen molar-refractivity contribution < 1.29 is 9.66 Å². The molecule has 2 rings (SSSR count). The zero-order valence-corrected chi connectivity index (χ0v) is 12.1. The number of rotatable bonds is 3. The van der Waals surface area contributed by atoms with Gasteiger partial charge in [-0.25, -0.2) is 4.98 Å². The predicted molar refractivity (Wildman–Crippen MR) is 74.3 cm³/mol. The number of hydrogen-bond donors (Lipinski definition) is 1. The van der Waals surface area contributed by atoms with Gasteiger partial charge in [-0.15, -0.1) is 0 Å². The molecule has 1 saturated heterocycles. The number of halogens is 1. The highest BCUT2D eigenvalue weighted by molar-refractivity contribution is 9.10. The van der Waals surface area contributed by atoms with Crippen LogP contribution in [-0.4, -0.2) is 42.3 Å². The van der Waals surface area contributed by atoms with E-state index in [1.54, 1.807) is 6.92 Å². The van der Waals surface area contributed by atoms with Crippen LogP contribution in [0.4, 0.5) is 11.5 Å². The largest absolute Gasteiger partial charge is 0.373 e. The Kier molecular flexibility index (Phi) is 4.33. The summed E-state index contributed by atoms with van der Waals surface area (Å²) in [5.41, 5.74) is 6.19. The van der Waals surface area contributed by atoms with E-state index in [9.17, 15) is 10.1 Å². The molecular weight excluding hydrogens is 316 g/mol. The Labute approximate surface area is 119 Å². The molecule has 1 aromatic rings. The molecule has 8 heteroatoms. The van der Waals surface area contributed by atoms with Gasteiger partial charge in [-0.05, 0) is 22.9 Å². The van der Waals surface area contributed by atoms with Crippen molar-refractivity contribution >= 4 is 27.4 Å². The molecule has 0 spiro atoms. The molecule has 1 unspecified atom stereocenters. The third-order valence-corrected chi connectivity index (χ3v) is 4.07. The first-order valence-corrected chi connectivity index (χ1v) is 6.70. The van der Waals surface area contributed by atoms with E-state index in [4.69, 9.17) is 10.5 Å². The number of morpholine rings is 1. The van der Waals surface area contributed by atoms with Crippen LogP contribution in [0.15, 0.2) is 10.7 Å². The zero-order valence-electron chi connectivity index (χ0n) is 10.5. The number of hydrogen-bond acceptors (Lipinski definition) is 6. The summed E-state index contributed by atoms with van der Waals surface area (Å²) in [5, 5.41) is 10.9. The molecule has 0 aromatic carbocycles. The molecule has 0 bridgehead atoms. The van der Waals surface area contributed by atoms with Gasteiger partial charge in [-0.2, -0.15) is 0 Å². The standard InChI is InChI=1S/C11H15BrN4O3/c1-7-9(16(17)18)5-14-11(10(7)12)15-2-3-19-8(4-13)6-15/h5,8H,2-4,6,13H2,1H3. The Morgan fingerprint density at radius 3 is 3.11 bits per heavy atom. The van der Waals surface area contributed by atoms with Crippen LogP contribution >= 0.6 is 15.9 Å². The molecule has 1 aliphatic rings. The van der Waals surface area contributed by atoms with Crippen molar-refractivity contribution in [3.63, 3.8) is 0 Å². The maximum atomic E-state index is 10.9. The third-order valence-electron chi connectivity index (χ3n) is 3.12. The number of aromatic nitrogens is 1. The Bertz CT molecular complexity index is 497. The molecule has 2 N–H and O–H groups in total. The van der Waals surface area contributed by atoms with Gasteiger partial charge in [0.15, 0.2) is 0 Å². The Morgan fingerprint density at radius 1 is 1.74 bits per heavy atom. The molecule has 7 nitrogen and oxygen atoms in total. The fourth-order valence-electron chi connectivity index (χ4n) is 2.01. The number of nitrogens with zero attached hydrogens (tertiary/aromatic N) is 3. The van der Waals surface area contributed by atoms with Crippen molar-refractivity contribution in [2.24, 2.45) is 5.73 Å². The van der Waals surface area contributed by atoms with E-state index < -0.39 is 4.92 Å². The van der Waals surface area contributed by atoms with Crippen molar-refractivity contribution in [2.75, 3.05) is 31.1 Å². The monoisotopic (exact) mass is 330 g/mol. The smallest absolute Gasteiger partial charge is 0.291 e. The van der Waals surface area contributed by atoms with Crippen molar-refractivity contribution in [3.8, 4) is 0 Å². The second-order valence-corrected chi connectivity index (χ2v) is 5.13. The van der Waals surface area contributed by atoms with Crippen LogP contribution in [0.5, 0.6) is 0 Å². The molecular formula is C11H15BrN4O3. The lowest BCUT2D eigenvalue weighted by Gasteiger charge is -2.33. The van der Waals surface area contributed by atoms with Gasteiger partial charge in [0.25, 0.3) is 5.69 Å². The summed E-state index contributed by atoms with van der Waals surface area (Å²) in [4.78, 5) is 16.6. The predicted octanol–water partition coefficient (Wildman–Crippen LogP) is 1.22. The zero-order chi connectivity index (χ0) is 14.0. The van der Waals surface area contributed by atoms with Crippen molar-refractivity contribution in [2.45, 2.75) is 13.0 Å². The maximum Gasteiger partial charge on any atom is 0.291 e. The van der Waals surface area contributed by atoms with E-state index in [1.165, 1.54) is 6.20 Å². The van der Waals surface area contributed by atoms with Crippen LogP contribution in [0, 0.1) is 17.0 Å². The average Bonchev–Trinajstić information content (AvgIpc) is 2.41. The summed E-state index contributed by atoms with van der Waals surface area (Å²) in [6.07, 6.45) is 1.26. The molecule has 2 heterocycles. The number of nitrogens with two attached hydrogens (primary N) is 1. The summed E-state index contributed by atoms with van der Waals surface area (Å²) in [6.45, 7) is 4.05. The van der Waals surface area contributed by atoms with Crippen molar-refractivity contribution in [1.82, 2.24) is 4.98 Å². The number of pyridine rings is 1. The maximum absolute atomic E-state index is 10.9.